The van der Waals surface area contributed by atoms with Crippen molar-refractivity contribution in [3.05, 3.63) is 52.2 Å². The molecule has 0 bridgehead atoms. The second-order valence-electron chi connectivity index (χ2n) is 4.04. The van der Waals surface area contributed by atoms with Crippen LogP contribution in [0.4, 0.5) is 10.2 Å². The van der Waals surface area contributed by atoms with Crippen molar-refractivity contribution in [3.8, 4) is 0 Å². The Hall–Kier alpha value is -1.68. The predicted molar refractivity (Wildman–Crippen MR) is 70.2 cm³/mol. The number of nitrogens with one attached hydrogen (secondary N) is 1. The number of nitrogens with zero attached hydrogens (tertiary/aromatic N) is 2. The zero-order valence-electron chi connectivity index (χ0n) is 10.2. The summed E-state index contributed by atoms with van der Waals surface area (Å²) in [4.78, 5) is 8.45. The smallest absolute Gasteiger partial charge is 0.141 e. The van der Waals surface area contributed by atoms with Gasteiger partial charge < -0.3 is 5.32 Å². The zero-order valence-corrected chi connectivity index (χ0v) is 10.9. The molecule has 2 aromatic rings. The number of rotatable bonds is 3. The van der Waals surface area contributed by atoms with Crippen LogP contribution < -0.4 is 5.32 Å². The number of aryl methyl sites for hydroxylation is 2. The van der Waals surface area contributed by atoms with Crippen LogP contribution in [-0.2, 0) is 6.54 Å². The number of aromatic nitrogens is 2. The number of halogens is 2. The Labute approximate surface area is 110 Å². The standard InChI is InChI=1S/C13H13ClFN3/c1-8-5-13(18-9(2)17-8)16-7-10-3-4-12(15)11(14)6-10/h3-6H,7H2,1-2H3,(H,16,17,18). The van der Waals surface area contributed by atoms with Crippen molar-refractivity contribution < 1.29 is 4.39 Å². The summed E-state index contributed by atoms with van der Waals surface area (Å²) in [6.07, 6.45) is 0. The molecule has 0 fully saturated rings. The van der Waals surface area contributed by atoms with Crippen molar-refractivity contribution in [2.45, 2.75) is 20.4 Å². The molecule has 0 unspecified atom stereocenters. The maximum atomic E-state index is 13.0. The highest BCUT2D eigenvalue weighted by molar-refractivity contribution is 6.30. The van der Waals surface area contributed by atoms with E-state index in [0.717, 1.165) is 22.9 Å². The van der Waals surface area contributed by atoms with E-state index in [9.17, 15) is 4.39 Å². The van der Waals surface area contributed by atoms with Gasteiger partial charge in [0.2, 0.25) is 0 Å². The van der Waals surface area contributed by atoms with Crippen molar-refractivity contribution in [1.29, 1.82) is 0 Å². The third-order valence-corrected chi connectivity index (χ3v) is 2.71. The highest BCUT2D eigenvalue weighted by Crippen LogP contribution is 2.17. The third kappa shape index (κ3) is 3.17. The van der Waals surface area contributed by atoms with Crippen LogP contribution >= 0.6 is 11.6 Å². The fraction of sp³-hybridized carbons (Fsp3) is 0.231. The van der Waals surface area contributed by atoms with Gasteiger partial charge in [0.1, 0.15) is 17.5 Å². The molecule has 0 saturated carbocycles. The van der Waals surface area contributed by atoms with Crippen LogP contribution in [0.2, 0.25) is 5.02 Å². The van der Waals surface area contributed by atoms with Crippen LogP contribution in [0.1, 0.15) is 17.1 Å². The van der Waals surface area contributed by atoms with Gasteiger partial charge in [-0.1, -0.05) is 17.7 Å². The Bertz CT molecular complexity index is 552. The van der Waals surface area contributed by atoms with Gasteiger partial charge in [0, 0.05) is 18.3 Å². The largest absolute Gasteiger partial charge is 0.366 e. The van der Waals surface area contributed by atoms with Crippen LogP contribution in [0.5, 0.6) is 0 Å². The molecule has 3 nitrogen and oxygen atoms in total. The molecule has 0 aliphatic carbocycles. The molecule has 94 valence electrons. The third-order valence-electron chi connectivity index (χ3n) is 2.42. The Balaban J connectivity index is 2.08. The van der Waals surface area contributed by atoms with Gasteiger partial charge in [0.05, 0.1) is 5.02 Å². The lowest BCUT2D eigenvalue weighted by Gasteiger charge is -2.07. The fourth-order valence-electron chi connectivity index (χ4n) is 1.65. The molecule has 1 aromatic heterocycles. The van der Waals surface area contributed by atoms with Gasteiger partial charge in [-0.05, 0) is 31.5 Å². The van der Waals surface area contributed by atoms with Gasteiger partial charge >= 0.3 is 0 Å². The van der Waals surface area contributed by atoms with Gasteiger partial charge in [0.15, 0.2) is 0 Å². The van der Waals surface area contributed by atoms with Crippen molar-refractivity contribution >= 4 is 17.4 Å². The molecule has 1 N–H and O–H groups in total. The van der Waals surface area contributed by atoms with E-state index in [0.29, 0.717) is 6.54 Å². The summed E-state index contributed by atoms with van der Waals surface area (Å²) in [7, 11) is 0. The first kappa shape index (κ1) is 12.8. The summed E-state index contributed by atoms with van der Waals surface area (Å²) in [5.41, 5.74) is 1.80. The topological polar surface area (TPSA) is 37.8 Å². The van der Waals surface area contributed by atoms with E-state index >= 15 is 0 Å². The molecule has 0 aliphatic heterocycles. The average Bonchev–Trinajstić information content (AvgIpc) is 2.29. The van der Waals surface area contributed by atoms with E-state index in [1.54, 1.807) is 12.1 Å². The maximum Gasteiger partial charge on any atom is 0.141 e. The summed E-state index contributed by atoms with van der Waals surface area (Å²) in [6.45, 7) is 4.29. The second kappa shape index (κ2) is 5.31. The van der Waals surface area contributed by atoms with Crippen molar-refractivity contribution in [2.24, 2.45) is 0 Å². The molecule has 0 amide bonds. The maximum absolute atomic E-state index is 13.0. The number of hydrogen-bond donors (Lipinski definition) is 1. The van der Waals surface area contributed by atoms with Crippen molar-refractivity contribution in [2.75, 3.05) is 5.32 Å². The van der Waals surface area contributed by atoms with E-state index in [4.69, 9.17) is 11.6 Å². The molecular weight excluding hydrogens is 253 g/mol. The van der Waals surface area contributed by atoms with Gasteiger partial charge in [-0.2, -0.15) is 0 Å². The average molecular weight is 266 g/mol. The van der Waals surface area contributed by atoms with Gasteiger partial charge in [-0.25, -0.2) is 14.4 Å². The van der Waals surface area contributed by atoms with Crippen LogP contribution in [-0.4, -0.2) is 9.97 Å². The summed E-state index contributed by atoms with van der Waals surface area (Å²) in [5, 5.41) is 3.29. The molecule has 0 atom stereocenters. The number of anilines is 1. The first-order valence-electron chi connectivity index (χ1n) is 5.54. The highest BCUT2D eigenvalue weighted by atomic mass is 35.5. The second-order valence-corrected chi connectivity index (χ2v) is 4.45. The molecular formula is C13H13ClFN3. The van der Waals surface area contributed by atoms with E-state index in [-0.39, 0.29) is 5.02 Å². The van der Waals surface area contributed by atoms with Crippen LogP contribution in [0.15, 0.2) is 24.3 Å². The molecule has 1 aromatic carbocycles. The van der Waals surface area contributed by atoms with Gasteiger partial charge in [-0.15, -0.1) is 0 Å². The molecule has 2 rings (SSSR count). The van der Waals surface area contributed by atoms with Crippen LogP contribution in [0, 0.1) is 19.7 Å². The predicted octanol–water partition coefficient (Wildman–Crippen LogP) is 3.50. The van der Waals surface area contributed by atoms with Crippen LogP contribution in [0.25, 0.3) is 0 Å². The van der Waals surface area contributed by atoms with E-state index in [2.05, 4.69) is 15.3 Å². The lowest BCUT2D eigenvalue weighted by molar-refractivity contribution is 0.627. The molecule has 0 aliphatic rings. The minimum Gasteiger partial charge on any atom is -0.366 e. The minimum absolute atomic E-state index is 0.129. The molecule has 0 spiro atoms. The normalized spacial score (nSPS) is 10.4. The molecule has 18 heavy (non-hydrogen) atoms. The van der Waals surface area contributed by atoms with Crippen molar-refractivity contribution in [1.82, 2.24) is 9.97 Å². The SMILES string of the molecule is Cc1cc(NCc2ccc(F)c(Cl)c2)nc(C)n1. The molecule has 0 saturated heterocycles. The lowest BCUT2D eigenvalue weighted by atomic mass is 10.2. The fourth-order valence-corrected chi connectivity index (χ4v) is 1.85. The monoisotopic (exact) mass is 265 g/mol. The summed E-state index contributed by atoms with van der Waals surface area (Å²) >= 11 is 5.72. The van der Waals surface area contributed by atoms with Gasteiger partial charge in [0.25, 0.3) is 0 Å². The Kier molecular flexibility index (Phi) is 3.77. The first-order valence-corrected chi connectivity index (χ1v) is 5.92. The minimum atomic E-state index is -0.408. The molecule has 1 heterocycles. The Morgan fingerprint density at radius 3 is 2.67 bits per heavy atom. The quantitative estimate of drug-likeness (QED) is 0.923. The molecule has 0 radical (unpaired) electrons. The van der Waals surface area contributed by atoms with Crippen LogP contribution in [0.3, 0.4) is 0 Å². The first-order chi connectivity index (χ1) is 8.54. The summed E-state index contributed by atoms with van der Waals surface area (Å²) < 4.78 is 13.0. The number of hydrogen-bond acceptors (Lipinski definition) is 3. The Morgan fingerprint density at radius 1 is 1.22 bits per heavy atom. The molecule has 5 heteroatoms. The lowest BCUT2D eigenvalue weighted by Crippen LogP contribution is -2.04. The van der Waals surface area contributed by atoms with E-state index < -0.39 is 5.82 Å². The van der Waals surface area contributed by atoms with Gasteiger partial charge in [-0.3, -0.25) is 0 Å². The zero-order chi connectivity index (χ0) is 13.1. The summed E-state index contributed by atoms with van der Waals surface area (Å²) in [5.74, 6) is 1.06. The van der Waals surface area contributed by atoms with E-state index in [1.807, 2.05) is 19.9 Å². The summed E-state index contributed by atoms with van der Waals surface area (Å²) in [6, 6.07) is 6.51. The van der Waals surface area contributed by atoms with E-state index in [1.165, 1.54) is 6.07 Å². The highest BCUT2D eigenvalue weighted by Gasteiger charge is 2.02. The Morgan fingerprint density at radius 2 is 2.00 bits per heavy atom. The van der Waals surface area contributed by atoms with Crippen molar-refractivity contribution in [3.63, 3.8) is 0 Å². The number of benzene rings is 1.